The molecule has 0 aromatic carbocycles. The van der Waals surface area contributed by atoms with Gasteiger partial charge in [0.1, 0.15) is 0 Å². The first-order valence-corrected chi connectivity index (χ1v) is 1.15. The second-order valence-corrected chi connectivity index (χ2v) is 0.471. The molecule has 0 unspecified atom stereocenters. The Morgan fingerprint density at radius 2 is 1.20 bits per heavy atom. The molecule has 0 aliphatic carbocycles. The second kappa shape index (κ2) is 9.00. The average molecular weight is 118 g/mol. The van der Waals surface area contributed by atoms with Gasteiger partial charge < -0.3 is 0 Å². The van der Waals surface area contributed by atoms with Crippen LogP contribution in [0.2, 0.25) is 0 Å². The van der Waals surface area contributed by atoms with E-state index >= 15 is 0 Å². The maximum atomic E-state index is 3.36. The van der Waals surface area contributed by atoms with Crippen molar-refractivity contribution in [2.75, 3.05) is 0 Å². The van der Waals surface area contributed by atoms with Crippen LogP contribution in [0.3, 0.4) is 0 Å². The molecule has 0 saturated carbocycles. The van der Waals surface area contributed by atoms with Crippen molar-refractivity contribution in [2.24, 2.45) is 0 Å². The van der Waals surface area contributed by atoms with E-state index in [4.69, 9.17) is 0 Å². The first kappa shape index (κ1) is 8.89. The molecular weight excluding hydrogens is 112 g/mol. The van der Waals surface area contributed by atoms with Gasteiger partial charge in [0, 0.05) is 17.1 Å². The van der Waals surface area contributed by atoms with Crippen LogP contribution in [0.15, 0.2) is 25.3 Å². The standard InChI is InChI=1S/C4H6.Cu/c1-3-4-2;/h3-4H,1-2H2;. The largest absolute Gasteiger partial charge is 0.0991 e. The van der Waals surface area contributed by atoms with Crippen LogP contribution < -0.4 is 0 Å². The van der Waals surface area contributed by atoms with Crippen molar-refractivity contribution in [1.29, 1.82) is 0 Å². The minimum absolute atomic E-state index is 0. The Morgan fingerprint density at radius 3 is 1.20 bits per heavy atom. The van der Waals surface area contributed by atoms with Crippen molar-refractivity contribution >= 4 is 0 Å². The molecule has 0 N–H and O–H groups in total. The van der Waals surface area contributed by atoms with Crippen LogP contribution >= 0.6 is 0 Å². The molecule has 1 radical (unpaired) electrons. The Morgan fingerprint density at radius 1 is 1.00 bits per heavy atom. The molecule has 0 aromatic heterocycles. The molecular formula is C4H6Cu. The fraction of sp³-hybridized carbons (Fsp3) is 0. The molecule has 0 heterocycles. The van der Waals surface area contributed by atoms with Crippen LogP contribution in [0, 0.1) is 0 Å². The van der Waals surface area contributed by atoms with Crippen molar-refractivity contribution in [3.8, 4) is 0 Å². The van der Waals surface area contributed by atoms with E-state index in [0.29, 0.717) is 0 Å². The minimum Gasteiger partial charge on any atom is -0.0991 e. The molecule has 0 nitrogen and oxygen atoms in total. The van der Waals surface area contributed by atoms with E-state index in [1.165, 1.54) is 0 Å². The van der Waals surface area contributed by atoms with E-state index in [1.807, 2.05) is 0 Å². The van der Waals surface area contributed by atoms with Gasteiger partial charge in [0.2, 0.25) is 0 Å². The van der Waals surface area contributed by atoms with Crippen LogP contribution in [0.25, 0.3) is 0 Å². The van der Waals surface area contributed by atoms with Gasteiger partial charge in [-0.25, -0.2) is 0 Å². The third-order valence-electron chi connectivity index (χ3n) is 0.167. The first-order chi connectivity index (χ1) is 1.91. The fourth-order valence-electron chi connectivity index (χ4n) is 0. The summed E-state index contributed by atoms with van der Waals surface area (Å²) in [5.41, 5.74) is 0. The number of hydrogen-bond donors (Lipinski definition) is 0. The third kappa shape index (κ3) is 16.0. The SMILES string of the molecule is C=CC=C.[Cu]. The molecule has 33 valence electrons. The molecule has 0 bridgehead atoms. The van der Waals surface area contributed by atoms with E-state index < -0.39 is 0 Å². The summed E-state index contributed by atoms with van der Waals surface area (Å²) in [6.45, 7) is 6.72. The van der Waals surface area contributed by atoms with E-state index in [-0.39, 0.29) is 17.1 Å². The summed E-state index contributed by atoms with van der Waals surface area (Å²) in [5, 5.41) is 0. The zero-order chi connectivity index (χ0) is 3.41. The maximum absolute atomic E-state index is 3.36. The normalized spacial score (nSPS) is 4.00. The Kier molecular flexibility index (Phi) is 16.0. The topological polar surface area (TPSA) is 0 Å². The van der Waals surface area contributed by atoms with Crippen LogP contribution in [0.5, 0.6) is 0 Å². The fourth-order valence-corrected chi connectivity index (χ4v) is 0. The van der Waals surface area contributed by atoms with E-state index in [2.05, 4.69) is 13.2 Å². The molecule has 0 atom stereocenters. The number of allylic oxidation sites excluding steroid dienone is 2. The molecule has 0 rings (SSSR count). The molecule has 0 saturated heterocycles. The van der Waals surface area contributed by atoms with Gasteiger partial charge in [0.05, 0.1) is 0 Å². The van der Waals surface area contributed by atoms with Crippen LogP contribution in [-0.2, 0) is 17.1 Å². The van der Waals surface area contributed by atoms with Crippen molar-refractivity contribution in [3.05, 3.63) is 25.3 Å². The van der Waals surface area contributed by atoms with Gasteiger partial charge in [0.15, 0.2) is 0 Å². The average Bonchev–Trinajstić information content (AvgIpc) is 1.37. The zero-order valence-corrected chi connectivity index (χ0v) is 3.81. The first-order valence-electron chi connectivity index (χ1n) is 1.15. The molecule has 5 heavy (non-hydrogen) atoms. The predicted octanol–water partition coefficient (Wildman–Crippen LogP) is 1.36. The maximum Gasteiger partial charge on any atom is 0 e. The molecule has 0 fully saturated rings. The monoisotopic (exact) mass is 117 g/mol. The van der Waals surface area contributed by atoms with Gasteiger partial charge in [-0.1, -0.05) is 25.3 Å². The summed E-state index contributed by atoms with van der Waals surface area (Å²) in [7, 11) is 0. The molecule has 0 aliphatic rings. The smallest absolute Gasteiger partial charge is 0 e. The van der Waals surface area contributed by atoms with Crippen molar-refractivity contribution in [3.63, 3.8) is 0 Å². The van der Waals surface area contributed by atoms with E-state index in [1.54, 1.807) is 12.2 Å². The predicted molar refractivity (Wildman–Crippen MR) is 20.4 cm³/mol. The van der Waals surface area contributed by atoms with Crippen molar-refractivity contribution in [1.82, 2.24) is 0 Å². The van der Waals surface area contributed by atoms with Gasteiger partial charge in [-0.3, -0.25) is 0 Å². The molecule has 0 aromatic rings. The summed E-state index contributed by atoms with van der Waals surface area (Å²) >= 11 is 0. The van der Waals surface area contributed by atoms with E-state index in [0.717, 1.165) is 0 Å². The van der Waals surface area contributed by atoms with Gasteiger partial charge in [0.25, 0.3) is 0 Å². The quantitative estimate of drug-likeness (QED) is 0.360. The minimum atomic E-state index is 0. The summed E-state index contributed by atoms with van der Waals surface area (Å²) in [6, 6.07) is 0. The van der Waals surface area contributed by atoms with Crippen LogP contribution in [-0.4, -0.2) is 0 Å². The van der Waals surface area contributed by atoms with Crippen molar-refractivity contribution in [2.45, 2.75) is 0 Å². The zero-order valence-electron chi connectivity index (χ0n) is 2.87. The van der Waals surface area contributed by atoms with E-state index in [9.17, 15) is 0 Å². The van der Waals surface area contributed by atoms with Crippen molar-refractivity contribution < 1.29 is 17.1 Å². The van der Waals surface area contributed by atoms with Crippen LogP contribution in [0.4, 0.5) is 0 Å². The Hall–Kier alpha value is -0.000519. The third-order valence-corrected chi connectivity index (χ3v) is 0.167. The summed E-state index contributed by atoms with van der Waals surface area (Å²) in [4.78, 5) is 0. The second-order valence-electron chi connectivity index (χ2n) is 0.471. The van der Waals surface area contributed by atoms with Gasteiger partial charge >= 0.3 is 0 Å². The number of rotatable bonds is 1. The Labute approximate surface area is 43.1 Å². The molecule has 1 heteroatoms. The molecule has 0 spiro atoms. The van der Waals surface area contributed by atoms with Gasteiger partial charge in [-0.2, -0.15) is 0 Å². The van der Waals surface area contributed by atoms with Gasteiger partial charge in [-0.15, -0.1) is 0 Å². The number of hydrogen-bond acceptors (Lipinski definition) is 0. The Balaban J connectivity index is 0. The van der Waals surface area contributed by atoms with Crippen LogP contribution in [0.1, 0.15) is 0 Å². The molecule has 0 amide bonds. The Bertz CT molecular complexity index is 24.6. The van der Waals surface area contributed by atoms with Gasteiger partial charge in [-0.05, 0) is 0 Å². The summed E-state index contributed by atoms with van der Waals surface area (Å²) in [5.74, 6) is 0. The molecule has 0 aliphatic heterocycles. The summed E-state index contributed by atoms with van der Waals surface area (Å²) in [6.07, 6.45) is 3.28. The summed E-state index contributed by atoms with van der Waals surface area (Å²) < 4.78 is 0.